The summed E-state index contributed by atoms with van der Waals surface area (Å²) in [5.41, 5.74) is -0.899. The molecule has 184 valence electrons. The molecule has 4 rings (SSSR count). The fraction of sp³-hybridized carbons (Fsp3) is 0.240. The van der Waals surface area contributed by atoms with Crippen LogP contribution in [0.15, 0.2) is 59.2 Å². The maximum absolute atomic E-state index is 14.3. The third kappa shape index (κ3) is 4.78. The maximum Gasteiger partial charge on any atom is 0.425 e. The van der Waals surface area contributed by atoms with Gasteiger partial charge in [-0.25, -0.2) is 13.2 Å². The second-order valence-corrected chi connectivity index (χ2v) is 8.12. The summed E-state index contributed by atoms with van der Waals surface area (Å²) in [7, 11) is 0. The average Bonchev–Trinajstić information content (AvgIpc) is 2.77. The summed E-state index contributed by atoms with van der Waals surface area (Å²) >= 11 is 0. The van der Waals surface area contributed by atoms with Gasteiger partial charge < -0.3 is 14.6 Å². The number of nitrogens with zero attached hydrogens (tertiary/aromatic N) is 1. The molecular formula is C25H20F6N2O2. The molecule has 4 nitrogen and oxygen atoms in total. The van der Waals surface area contributed by atoms with Crippen molar-refractivity contribution in [2.75, 3.05) is 4.90 Å². The molecule has 2 aromatic carbocycles. The number of aromatic nitrogens is 1. The molecule has 0 spiro atoms. The van der Waals surface area contributed by atoms with E-state index in [0.29, 0.717) is 29.8 Å². The Hall–Kier alpha value is -3.69. The van der Waals surface area contributed by atoms with Crippen LogP contribution in [0.2, 0.25) is 0 Å². The van der Waals surface area contributed by atoms with Gasteiger partial charge in [0.25, 0.3) is 0 Å². The number of hydrogen-bond donors (Lipinski definition) is 1. The normalized spacial score (nSPS) is 15.6. The number of alkyl halides is 3. The van der Waals surface area contributed by atoms with Crippen LogP contribution in [0.3, 0.4) is 0 Å². The van der Waals surface area contributed by atoms with E-state index in [9.17, 15) is 31.1 Å². The molecule has 1 atom stereocenters. The molecule has 2 heterocycles. The second-order valence-electron chi connectivity index (χ2n) is 8.12. The molecule has 0 bridgehead atoms. The molecule has 0 saturated carbocycles. The van der Waals surface area contributed by atoms with E-state index in [4.69, 9.17) is 4.74 Å². The monoisotopic (exact) mass is 494 g/mol. The maximum atomic E-state index is 14.3. The highest BCUT2D eigenvalue weighted by Gasteiger charge is 2.38. The van der Waals surface area contributed by atoms with Crippen LogP contribution >= 0.6 is 0 Å². The first-order valence-electron chi connectivity index (χ1n) is 10.7. The lowest BCUT2D eigenvalue weighted by molar-refractivity contribution is -0.139. The minimum atomic E-state index is -4.93. The van der Waals surface area contributed by atoms with Gasteiger partial charge in [0.05, 0.1) is 6.54 Å². The SMILES string of the molecule is CCC1=CN(Cc2c(F)cc(F)cc2F)c2ccc(Oc3[nH]ccc(=O)c3C(F)(F)F)cc2C1C. The minimum Gasteiger partial charge on any atom is -0.440 e. The van der Waals surface area contributed by atoms with Crippen LogP contribution in [0.25, 0.3) is 0 Å². The fourth-order valence-electron chi connectivity index (χ4n) is 4.13. The van der Waals surface area contributed by atoms with Crippen molar-refractivity contribution < 1.29 is 31.1 Å². The largest absolute Gasteiger partial charge is 0.440 e. The van der Waals surface area contributed by atoms with E-state index in [0.717, 1.165) is 17.8 Å². The summed E-state index contributed by atoms with van der Waals surface area (Å²) in [6.45, 7) is 3.56. The highest BCUT2D eigenvalue weighted by Crippen LogP contribution is 2.42. The quantitative estimate of drug-likeness (QED) is 0.388. The summed E-state index contributed by atoms with van der Waals surface area (Å²) in [5.74, 6) is -3.95. The van der Waals surface area contributed by atoms with Crippen LogP contribution in [-0.4, -0.2) is 4.98 Å². The van der Waals surface area contributed by atoms with E-state index in [-0.39, 0.29) is 23.8 Å². The molecule has 35 heavy (non-hydrogen) atoms. The number of H-pyrrole nitrogens is 1. The van der Waals surface area contributed by atoms with Gasteiger partial charge in [-0.05, 0) is 35.8 Å². The van der Waals surface area contributed by atoms with Crippen molar-refractivity contribution in [2.24, 2.45) is 0 Å². The first-order valence-corrected chi connectivity index (χ1v) is 10.7. The second kappa shape index (κ2) is 9.16. The zero-order valence-electron chi connectivity index (χ0n) is 18.6. The number of ether oxygens (including phenoxy) is 1. The van der Waals surface area contributed by atoms with Crippen molar-refractivity contribution >= 4 is 5.69 Å². The van der Waals surface area contributed by atoms with Crippen molar-refractivity contribution in [1.82, 2.24) is 4.98 Å². The topological polar surface area (TPSA) is 45.3 Å². The Balaban J connectivity index is 1.74. The predicted octanol–water partition coefficient (Wildman–Crippen LogP) is 7.02. The summed E-state index contributed by atoms with van der Waals surface area (Å²) in [6.07, 6.45) is -1.52. The van der Waals surface area contributed by atoms with Crippen LogP contribution in [0.5, 0.6) is 11.6 Å². The van der Waals surface area contributed by atoms with Crippen molar-refractivity contribution in [3.63, 3.8) is 0 Å². The van der Waals surface area contributed by atoms with Gasteiger partial charge in [-0.15, -0.1) is 0 Å². The van der Waals surface area contributed by atoms with Crippen LogP contribution in [0.4, 0.5) is 32.0 Å². The number of allylic oxidation sites excluding steroid dienone is 1. The van der Waals surface area contributed by atoms with Gasteiger partial charge in [-0.1, -0.05) is 13.8 Å². The Kier molecular flexibility index (Phi) is 6.40. The molecular weight excluding hydrogens is 474 g/mol. The molecule has 1 aromatic heterocycles. The van der Waals surface area contributed by atoms with E-state index in [1.165, 1.54) is 12.1 Å². The number of rotatable bonds is 5. The summed E-state index contributed by atoms with van der Waals surface area (Å²) in [4.78, 5) is 15.7. The molecule has 0 aliphatic carbocycles. The van der Waals surface area contributed by atoms with Crippen LogP contribution in [-0.2, 0) is 12.7 Å². The Morgan fingerprint density at radius 3 is 2.37 bits per heavy atom. The molecule has 1 unspecified atom stereocenters. The molecule has 1 aliphatic heterocycles. The van der Waals surface area contributed by atoms with Gasteiger partial charge in [0, 0.05) is 47.8 Å². The van der Waals surface area contributed by atoms with Crippen LogP contribution in [0, 0.1) is 17.5 Å². The number of pyridine rings is 1. The molecule has 10 heteroatoms. The smallest absolute Gasteiger partial charge is 0.425 e. The summed E-state index contributed by atoms with van der Waals surface area (Å²) in [6, 6.07) is 6.44. The summed E-state index contributed by atoms with van der Waals surface area (Å²) in [5, 5.41) is 0. The Morgan fingerprint density at radius 2 is 1.74 bits per heavy atom. The van der Waals surface area contributed by atoms with E-state index >= 15 is 0 Å². The molecule has 1 N–H and O–H groups in total. The zero-order chi connectivity index (χ0) is 25.5. The molecule has 0 saturated heterocycles. The van der Waals surface area contributed by atoms with E-state index in [1.807, 2.05) is 13.8 Å². The Bertz CT molecular complexity index is 1340. The summed E-state index contributed by atoms with van der Waals surface area (Å²) < 4.78 is 87.5. The van der Waals surface area contributed by atoms with Gasteiger partial charge in [0.15, 0.2) is 11.0 Å². The van der Waals surface area contributed by atoms with Gasteiger partial charge in [0.1, 0.15) is 23.2 Å². The third-order valence-corrected chi connectivity index (χ3v) is 5.92. The Morgan fingerprint density at radius 1 is 1.06 bits per heavy atom. The lowest BCUT2D eigenvalue weighted by Crippen LogP contribution is -2.24. The van der Waals surface area contributed by atoms with Crippen molar-refractivity contribution in [3.05, 3.63) is 98.7 Å². The first-order chi connectivity index (χ1) is 16.5. The molecule has 0 radical (unpaired) electrons. The van der Waals surface area contributed by atoms with Gasteiger partial charge in [0.2, 0.25) is 5.88 Å². The van der Waals surface area contributed by atoms with E-state index in [2.05, 4.69) is 4.98 Å². The lowest BCUT2D eigenvalue weighted by Gasteiger charge is -2.33. The van der Waals surface area contributed by atoms with Gasteiger partial charge in [-0.2, -0.15) is 13.2 Å². The van der Waals surface area contributed by atoms with Crippen LogP contribution < -0.4 is 15.1 Å². The van der Waals surface area contributed by atoms with E-state index in [1.54, 1.807) is 17.2 Å². The number of aromatic amines is 1. The van der Waals surface area contributed by atoms with Gasteiger partial charge in [-0.3, -0.25) is 4.79 Å². The highest BCUT2D eigenvalue weighted by atomic mass is 19.4. The van der Waals surface area contributed by atoms with Crippen molar-refractivity contribution in [1.29, 1.82) is 0 Å². The number of nitrogens with one attached hydrogen (secondary N) is 1. The fourth-order valence-corrected chi connectivity index (χ4v) is 4.13. The number of anilines is 1. The first kappa shape index (κ1) is 24.4. The van der Waals surface area contributed by atoms with Gasteiger partial charge >= 0.3 is 6.18 Å². The standard InChI is InChI=1S/C25H20F6N2O2/c1-3-14-11-33(12-18-19(27)8-15(26)9-20(18)28)21-5-4-16(10-17(21)13(14)2)35-24-23(25(29,30)31)22(34)6-7-32-24/h4-11,13H,3,12H2,1-2H3,(H,32,34). The third-order valence-electron chi connectivity index (χ3n) is 5.92. The highest BCUT2D eigenvalue weighted by molar-refractivity contribution is 5.64. The van der Waals surface area contributed by atoms with Crippen LogP contribution in [0.1, 0.15) is 42.9 Å². The van der Waals surface area contributed by atoms with E-state index < -0.39 is 40.5 Å². The zero-order valence-corrected chi connectivity index (χ0v) is 18.6. The van der Waals surface area contributed by atoms with Crippen molar-refractivity contribution in [2.45, 2.75) is 38.9 Å². The molecule has 0 fully saturated rings. The number of hydrogen-bond acceptors (Lipinski definition) is 3. The molecule has 1 aliphatic rings. The number of benzene rings is 2. The van der Waals surface area contributed by atoms with Crippen molar-refractivity contribution in [3.8, 4) is 11.6 Å². The Labute approximate surface area is 196 Å². The lowest BCUT2D eigenvalue weighted by atomic mass is 9.87. The number of fused-ring (bicyclic) bond motifs is 1. The minimum absolute atomic E-state index is 0.0411. The number of halogens is 6. The molecule has 0 amide bonds. The predicted molar refractivity (Wildman–Crippen MR) is 118 cm³/mol. The average molecular weight is 494 g/mol. The molecule has 3 aromatic rings.